The molecule has 0 aliphatic heterocycles. The molecule has 96 valence electrons. The van der Waals surface area contributed by atoms with Crippen molar-refractivity contribution in [3.63, 3.8) is 0 Å². The van der Waals surface area contributed by atoms with E-state index >= 15 is 0 Å². The highest BCUT2D eigenvalue weighted by Gasteiger charge is 2.20. The Morgan fingerprint density at radius 2 is 2.24 bits per heavy atom. The van der Waals surface area contributed by atoms with E-state index in [1.54, 1.807) is 6.07 Å². The van der Waals surface area contributed by atoms with Gasteiger partial charge in [0.15, 0.2) is 0 Å². The maximum Gasteiger partial charge on any atom is 0.242 e. The van der Waals surface area contributed by atoms with Crippen LogP contribution in [0, 0.1) is 0 Å². The minimum Gasteiger partial charge on any atom is -0.325 e. The predicted octanol–water partition coefficient (Wildman–Crippen LogP) is 1.01. The lowest BCUT2D eigenvalue weighted by atomic mass is 10.2. The Labute approximate surface area is 102 Å². The zero-order valence-corrected chi connectivity index (χ0v) is 11.0. The molecule has 1 rings (SSSR count). The second kappa shape index (κ2) is 6.09. The van der Waals surface area contributed by atoms with Crippen LogP contribution in [0.5, 0.6) is 0 Å². The van der Waals surface area contributed by atoms with Crippen molar-refractivity contribution in [3.05, 3.63) is 24.0 Å². The van der Waals surface area contributed by atoms with Gasteiger partial charge in [0.2, 0.25) is 10.0 Å². The molecule has 6 heteroatoms. The van der Waals surface area contributed by atoms with Crippen LogP contribution in [-0.2, 0) is 16.6 Å². The highest BCUT2D eigenvalue weighted by molar-refractivity contribution is 7.89. The molecule has 0 aliphatic rings. The molecular weight excluding hydrogens is 238 g/mol. The largest absolute Gasteiger partial charge is 0.325 e. The average molecular weight is 257 g/mol. The number of nitrogens with zero attached hydrogens (tertiary/aromatic N) is 1. The van der Waals surface area contributed by atoms with E-state index < -0.39 is 10.0 Å². The van der Waals surface area contributed by atoms with Crippen molar-refractivity contribution in [1.29, 1.82) is 0 Å². The Kier molecular flexibility index (Phi) is 5.04. The molecule has 0 bridgehead atoms. The van der Waals surface area contributed by atoms with E-state index in [2.05, 4.69) is 9.71 Å². The minimum atomic E-state index is -3.52. The number of pyridine rings is 1. The normalized spacial score (nSPS) is 13.6. The summed E-state index contributed by atoms with van der Waals surface area (Å²) in [6.45, 7) is 3.97. The van der Waals surface area contributed by atoms with Gasteiger partial charge in [0.1, 0.15) is 4.90 Å². The van der Waals surface area contributed by atoms with E-state index in [9.17, 15) is 8.42 Å². The Morgan fingerprint density at radius 1 is 1.53 bits per heavy atom. The second-order valence-electron chi connectivity index (χ2n) is 3.96. The quantitative estimate of drug-likeness (QED) is 0.796. The van der Waals surface area contributed by atoms with Gasteiger partial charge in [-0.1, -0.05) is 13.3 Å². The summed E-state index contributed by atoms with van der Waals surface area (Å²) >= 11 is 0. The van der Waals surface area contributed by atoms with Gasteiger partial charge in [0.05, 0.1) is 5.69 Å². The van der Waals surface area contributed by atoms with Gasteiger partial charge in [-0.15, -0.1) is 0 Å². The first-order chi connectivity index (χ1) is 8.01. The summed E-state index contributed by atoms with van der Waals surface area (Å²) in [6, 6.07) is 3.03. The van der Waals surface area contributed by atoms with Crippen LogP contribution >= 0.6 is 0 Å². The summed E-state index contributed by atoms with van der Waals surface area (Å²) in [5.41, 5.74) is 5.87. The van der Waals surface area contributed by atoms with Crippen LogP contribution in [0.2, 0.25) is 0 Å². The summed E-state index contributed by atoms with van der Waals surface area (Å²) in [4.78, 5) is 4.14. The number of nitrogens with two attached hydrogens (primary N) is 1. The van der Waals surface area contributed by atoms with Crippen molar-refractivity contribution in [2.24, 2.45) is 5.73 Å². The highest BCUT2D eigenvalue weighted by atomic mass is 32.2. The van der Waals surface area contributed by atoms with Crippen LogP contribution in [0.25, 0.3) is 0 Å². The molecule has 0 aromatic carbocycles. The maximum absolute atomic E-state index is 12.1. The molecule has 0 fully saturated rings. The van der Waals surface area contributed by atoms with E-state index in [1.165, 1.54) is 12.3 Å². The van der Waals surface area contributed by atoms with Gasteiger partial charge in [0.25, 0.3) is 0 Å². The van der Waals surface area contributed by atoms with Gasteiger partial charge in [-0.25, -0.2) is 13.1 Å². The zero-order chi connectivity index (χ0) is 12.9. The molecular formula is C11H19N3O2S. The molecule has 1 heterocycles. The van der Waals surface area contributed by atoms with E-state index in [0.717, 1.165) is 12.8 Å². The third-order valence-electron chi connectivity index (χ3n) is 2.41. The van der Waals surface area contributed by atoms with Crippen molar-refractivity contribution >= 4 is 10.0 Å². The summed E-state index contributed by atoms with van der Waals surface area (Å²) in [6.07, 6.45) is 3.27. The van der Waals surface area contributed by atoms with Crippen molar-refractivity contribution < 1.29 is 8.42 Å². The molecule has 1 aromatic rings. The third kappa shape index (κ3) is 3.76. The number of nitrogens with one attached hydrogen (secondary N) is 1. The molecule has 5 nitrogen and oxygen atoms in total. The molecule has 0 aliphatic carbocycles. The van der Waals surface area contributed by atoms with Crippen LogP contribution in [-0.4, -0.2) is 19.4 Å². The van der Waals surface area contributed by atoms with Crippen LogP contribution in [0.4, 0.5) is 0 Å². The Morgan fingerprint density at radius 3 is 2.82 bits per heavy atom. The van der Waals surface area contributed by atoms with Crippen molar-refractivity contribution in [2.45, 2.75) is 44.2 Å². The number of hydrogen-bond donors (Lipinski definition) is 2. The lowest BCUT2D eigenvalue weighted by Crippen LogP contribution is -2.33. The fourth-order valence-corrected chi connectivity index (χ4v) is 3.12. The van der Waals surface area contributed by atoms with Crippen LogP contribution in [0.3, 0.4) is 0 Å². The molecule has 17 heavy (non-hydrogen) atoms. The highest BCUT2D eigenvalue weighted by Crippen LogP contribution is 2.13. The smallest absolute Gasteiger partial charge is 0.242 e. The van der Waals surface area contributed by atoms with Gasteiger partial charge in [-0.3, -0.25) is 4.98 Å². The summed E-state index contributed by atoms with van der Waals surface area (Å²) < 4.78 is 26.8. The number of rotatable bonds is 6. The van der Waals surface area contributed by atoms with Crippen LogP contribution in [0.15, 0.2) is 23.2 Å². The van der Waals surface area contributed by atoms with Gasteiger partial charge in [-0.2, -0.15) is 0 Å². The lowest BCUT2D eigenvalue weighted by Gasteiger charge is -2.14. The maximum atomic E-state index is 12.1. The molecule has 0 amide bonds. The second-order valence-corrected chi connectivity index (χ2v) is 5.65. The van der Waals surface area contributed by atoms with Gasteiger partial charge in [0, 0.05) is 18.8 Å². The van der Waals surface area contributed by atoms with Crippen molar-refractivity contribution in [1.82, 2.24) is 9.71 Å². The number of sulfonamides is 1. The van der Waals surface area contributed by atoms with E-state index in [1.807, 2.05) is 13.8 Å². The first-order valence-electron chi connectivity index (χ1n) is 5.67. The first kappa shape index (κ1) is 14.1. The predicted molar refractivity (Wildman–Crippen MR) is 66.8 cm³/mol. The molecule has 1 unspecified atom stereocenters. The Bertz CT molecular complexity index is 460. The molecule has 0 saturated carbocycles. The monoisotopic (exact) mass is 257 g/mol. The summed E-state index contributed by atoms with van der Waals surface area (Å²) in [5.74, 6) is 0. The summed E-state index contributed by atoms with van der Waals surface area (Å²) in [7, 11) is -3.52. The molecule has 1 atom stereocenters. The van der Waals surface area contributed by atoms with Crippen LogP contribution < -0.4 is 10.5 Å². The molecule has 0 saturated heterocycles. The minimum absolute atomic E-state index is 0.0872. The van der Waals surface area contributed by atoms with Gasteiger partial charge >= 0.3 is 0 Å². The Balaban J connectivity index is 2.97. The first-order valence-corrected chi connectivity index (χ1v) is 7.16. The molecule has 0 radical (unpaired) electrons. The van der Waals surface area contributed by atoms with Crippen LogP contribution in [0.1, 0.15) is 32.4 Å². The molecule has 3 N–H and O–H groups in total. The SMILES string of the molecule is CCCC(C)NS(=O)(=O)c1cccnc1CN. The van der Waals surface area contributed by atoms with Crippen molar-refractivity contribution in [3.8, 4) is 0 Å². The fraction of sp³-hybridized carbons (Fsp3) is 0.545. The van der Waals surface area contributed by atoms with Crippen molar-refractivity contribution in [2.75, 3.05) is 0 Å². The third-order valence-corrected chi connectivity index (χ3v) is 4.07. The number of hydrogen-bond acceptors (Lipinski definition) is 4. The standard InChI is InChI=1S/C11H19N3O2S/c1-3-5-9(2)14-17(15,16)11-6-4-7-13-10(11)8-12/h4,6-7,9,14H,3,5,8,12H2,1-2H3. The molecule has 1 aromatic heterocycles. The zero-order valence-electron chi connectivity index (χ0n) is 10.2. The lowest BCUT2D eigenvalue weighted by molar-refractivity contribution is 0.542. The van der Waals surface area contributed by atoms with Gasteiger partial charge < -0.3 is 5.73 Å². The molecule has 0 spiro atoms. The van der Waals surface area contributed by atoms with E-state index in [0.29, 0.717) is 5.69 Å². The van der Waals surface area contributed by atoms with Gasteiger partial charge in [-0.05, 0) is 25.5 Å². The number of aromatic nitrogens is 1. The van der Waals surface area contributed by atoms with E-state index in [4.69, 9.17) is 5.73 Å². The Hall–Kier alpha value is -0.980. The van der Waals surface area contributed by atoms with E-state index in [-0.39, 0.29) is 17.5 Å². The summed E-state index contributed by atoms with van der Waals surface area (Å²) in [5, 5.41) is 0. The fourth-order valence-electron chi connectivity index (χ4n) is 1.64. The topological polar surface area (TPSA) is 85.1 Å². The average Bonchev–Trinajstić information content (AvgIpc) is 2.28.